The number of esters is 1. The Labute approximate surface area is 162 Å². The van der Waals surface area contributed by atoms with Crippen molar-refractivity contribution in [1.82, 2.24) is 0 Å². The Hall–Kier alpha value is -2.86. The van der Waals surface area contributed by atoms with E-state index >= 15 is 0 Å². The Morgan fingerprint density at radius 2 is 1.93 bits per heavy atom. The van der Waals surface area contributed by atoms with Crippen LogP contribution in [0.1, 0.15) is 23.2 Å². The summed E-state index contributed by atoms with van der Waals surface area (Å²) in [5.41, 5.74) is 1.12. The minimum Gasteiger partial charge on any atom is -0.454 e. The van der Waals surface area contributed by atoms with Gasteiger partial charge in [0.2, 0.25) is 5.91 Å². The molecule has 0 aliphatic carbocycles. The van der Waals surface area contributed by atoms with E-state index in [1.807, 2.05) is 30.3 Å². The fraction of sp³-hybridized carbons (Fsp3) is 0.190. The lowest BCUT2D eigenvalue weighted by Gasteiger charge is -2.16. The molecule has 138 valence electrons. The SMILES string of the molecule is O=C(/C=C/Sc1ccccc1)OCC(=O)c1cccc(N2CCCC2=O)c1. The van der Waals surface area contributed by atoms with E-state index in [2.05, 4.69) is 0 Å². The lowest BCUT2D eigenvalue weighted by molar-refractivity contribution is -0.136. The fourth-order valence-corrected chi connectivity index (χ4v) is 3.35. The van der Waals surface area contributed by atoms with Crippen LogP contribution in [-0.2, 0) is 14.3 Å². The van der Waals surface area contributed by atoms with Crippen molar-refractivity contribution >= 4 is 35.1 Å². The summed E-state index contributed by atoms with van der Waals surface area (Å²) >= 11 is 1.39. The number of anilines is 1. The molecule has 0 radical (unpaired) electrons. The first-order valence-corrected chi connectivity index (χ1v) is 9.50. The maximum atomic E-state index is 12.3. The third-order valence-electron chi connectivity index (χ3n) is 4.05. The molecule has 1 heterocycles. The highest BCUT2D eigenvalue weighted by molar-refractivity contribution is 8.02. The molecule has 1 saturated heterocycles. The van der Waals surface area contributed by atoms with Crippen LogP contribution in [0.3, 0.4) is 0 Å². The van der Waals surface area contributed by atoms with Crippen molar-refractivity contribution in [2.75, 3.05) is 18.1 Å². The summed E-state index contributed by atoms with van der Waals surface area (Å²) in [4.78, 5) is 38.6. The number of benzene rings is 2. The van der Waals surface area contributed by atoms with Crippen molar-refractivity contribution in [3.63, 3.8) is 0 Å². The molecule has 27 heavy (non-hydrogen) atoms. The zero-order chi connectivity index (χ0) is 19.1. The van der Waals surface area contributed by atoms with Crippen LogP contribution in [-0.4, -0.2) is 30.8 Å². The zero-order valence-corrected chi connectivity index (χ0v) is 15.5. The summed E-state index contributed by atoms with van der Waals surface area (Å²) < 4.78 is 5.01. The first-order valence-electron chi connectivity index (χ1n) is 8.62. The van der Waals surface area contributed by atoms with E-state index in [9.17, 15) is 14.4 Å². The van der Waals surface area contributed by atoms with Gasteiger partial charge in [-0.05, 0) is 36.1 Å². The quantitative estimate of drug-likeness (QED) is 0.316. The van der Waals surface area contributed by atoms with Gasteiger partial charge in [0, 0.05) is 35.2 Å². The number of hydrogen-bond donors (Lipinski definition) is 0. The number of ketones is 1. The van der Waals surface area contributed by atoms with Gasteiger partial charge < -0.3 is 9.64 Å². The number of Topliss-reactive ketones (excluding diaryl/α,β-unsaturated/α-hetero) is 1. The molecule has 0 spiro atoms. The van der Waals surface area contributed by atoms with Crippen LogP contribution in [0, 0.1) is 0 Å². The van der Waals surface area contributed by atoms with E-state index in [0.29, 0.717) is 24.2 Å². The van der Waals surface area contributed by atoms with Crippen molar-refractivity contribution < 1.29 is 19.1 Å². The highest BCUT2D eigenvalue weighted by Crippen LogP contribution is 2.22. The number of hydrogen-bond acceptors (Lipinski definition) is 5. The third kappa shape index (κ3) is 5.31. The Bertz CT molecular complexity index is 863. The largest absolute Gasteiger partial charge is 0.454 e. The van der Waals surface area contributed by atoms with E-state index in [0.717, 1.165) is 11.3 Å². The number of thioether (sulfide) groups is 1. The lowest BCUT2D eigenvalue weighted by Crippen LogP contribution is -2.24. The summed E-state index contributed by atoms with van der Waals surface area (Å²) in [6.45, 7) is 0.325. The van der Waals surface area contributed by atoms with E-state index in [1.165, 1.54) is 17.8 Å². The number of ether oxygens (including phenoxy) is 1. The standard InChI is InChI=1S/C21H19NO4S/c23-19(15-26-21(25)11-13-27-18-8-2-1-3-9-18)16-6-4-7-17(14-16)22-12-5-10-20(22)24/h1-4,6-9,11,13-14H,5,10,12,15H2/b13-11+. The summed E-state index contributed by atoms with van der Waals surface area (Å²) in [6.07, 6.45) is 2.65. The third-order valence-corrected chi connectivity index (χ3v) is 4.87. The van der Waals surface area contributed by atoms with Gasteiger partial charge in [0.25, 0.3) is 0 Å². The van der Waals surface area contributed by atoms with Crippen LogP contribution in [0.2, 0.25) is 0 Å². The molecule has 6 heteroatoms. The van der Waals surface area contributed by atoms with Gasteiger partial charge >= 0.3 is 5.97 Å². The molecule has 0 unspecified atom stereocenters. The molecule has 3 rings (SSSR count). The van der Waals surface area contributed by atoms with Crippen LogP contribution in [0.25, 0.3) is 0 Å². The summed E-state index contributed by atoms with van der Waals surface area (Å²) in [5.74, 6) is -0.814. The maximum Gasteiger partial charge on any atom is 0.331 e. The van der Waals surface area contributed by atoms with E-state index in [1.54, 1.807) is 34.6 Å². The molecule has 0 saturated carbocycles. The van der Waals surface area contributed by atoms with Gasteiger partial charge in [0.1, 0.15) is 0 Å². The molecule has 0 aromatic heterocycles. The van der Waals surface area contributed by atoms with Crippen LogP contribution in [0.15, 0.2) is 71.0 Å². The Balaban J connectivity index is 1.51. The van der Waals surface area contributed by atoms with E-state index in [-0.39, 0.29) is 18.3 Å². The summed E-state index contributed by atoms with van der Waals surface area (Å²) in [5, 5.41) is 1.63. The van der Waals surface area contributed by atoms with Gasteiger partial charge in [-0.1, -0.05) is 42.1 Å². The molecular weight excluding hydrogens is 362 g/mol. The van der Waals surface area contributed by atoms with Gasteiger partial charge in [-0.3, -0.25) is 9.59 Å². The van der Waals surface area contributed by atoms with Gasteiger partial charge in [0.05, 0.1) is 0 Å². The Morgan fingerprint density at radius 1 is 1.11 bits per heavy atom. The second kappa shape index (κ2) is 9.19. The minimum atomic E-state index is -0.572. The number of nitrogens with zero attached hydrogens (tertiary/aromatic N) is 1. The van der Waals surface area contributed by atoms with E-state index in [4.69, 9.17) is 4.74 Å². The van der Waals surface area contributed by atoms with Crippen molar-refractivity contribution in [3.05, 3.63) is 71.6 Å². The Morgan fingerprint density at radius 3 is 2.67 bits per heavy atom. The maximum absolute atomic E-state index is 12.3. The molecule has 1 fully saturated rings. The summed E-state index contributed by atoms with van der Waals surface area (Å²) in [7, 11) is 0. The van der Waals surface area contributed by atoms with E-state index < -0.39 is 5.97 Å². The number of rotatable bonds is 7. The van der Waals surface area contributed by atoms with Crippen LogP contribution in [0.5, 0.6) is 0 Å². The van der Waals surface area contributed by atoms with Gasteiger partial charge in [-0.25, -0.2) is 4.79 Å². The molecule has 5 nitrogen and oxygen atoms in total. The van der Waals surface area contributed by atoms with Crippen molar-refractivity contribution in [3.8, 4) is 0 Å². The lowest BCUT2D eigenvalue weighted by atomic mass is 10.1. The average molecular weight is 381 g/mol. The second-order valence-corrected chi connectivity index (χ2v) is 6.94. The van der Waals surface area contributed by atoms with Crippen LogP contribution < -0.4 is 4.90 Å². The van der Waals surface area contributed by atoms with Crippen molar-refractivity contribution in [2.45, 2.75) is 17.7 Å². The molecule has 1 aliphatic heterocycles. The predicted octanol–water partition coefficient (Wildman–Crippen LogP) is 3.85. The van der Waals surface area contributed by atoms with Crippen molar-refractivity contribution in [2.24, 2.45) is 0 Å². The Kier molecular flexibility index (Phi) is 6.44. The zero-order valence-electron chi connectivity index (χ0n) is 14.7. The number of carbonyl (C=O) groups is 3. The average Bonchev–Trinajstić information content (AvgIpc) is 3.13. The molecule has 2 aromatic rings. The topological polar surface area (TPSA) is 63.7 Å². The normalized spacial score (nSPS) is 13.9. The molecule has 2 aromatic carbocycles. The summed E-state index contributed by atoms with van der Waals surface area (Å²) in [6, 6.07) is 16.5. The molecule has 1 amide bonds. The molecule has 0 atom stereocenters. The second-order valence-electron chi connectivity index (χ2n) is 5.96. The highest BCUT2D eigenvalue weighted by Gasteiger charge is 2.22. The van der Waals surface area contributed by atoms with Gasteiger partial charge in [-0.2, -0.15) is 0 Å². The van der Waals surface area contributed by atoms with Crippen LogP contribution >= 0.6 is 11.8 Å². The smallest absolute Gasteiger partial charge is 0.331 e. The molecular formula is C21H19NO4S. The van der Waals surface area contributed by atoms with Gasteiger partial charge in [-0.15, -0.1) is 0 Å². The first-order chi connectivity index (χ1) is 13.1. The van der Waals surface area contributed by atoms with Crippen LogP contribution in [0.4, 0.5) is 5.69 Å². The highest BCUT2D eigenvalue weighted by atomic mass is 32.2. The molecule has 0 bridgehead atoms. The monoisotopic (exact) mass is 381 g/mol. The van der Waals surface area contributed by atoms with Crippen molar-refractivity contribution in [1.29, 1.82) is 0 Å². The number of amides is 1. The van der Waals surface area contributed by atoms with Gasteiger partial charge in [0.15, 0.2) is 12.4 Å². The fourth-order valence-electron chi connectivity index (χ4n) is 2.70. The molecule has 1 aliphatic rings. The number of carbonyl (C=O) groups excluding carboxylic acids is 3. The minimum absolute atomic E-state index is 0.0621. The predicted molar refractivity (Wildman–Crippen MR) is 105 cm³/mol. The first kappa shape index (κ1) is 18.9. The molecule has 0 N–H and O–H groups in total.